The van der Waals surface area contributed by atoms with Crippen molar-refractivity contribution in [3.05, 3.63) is 0 Å². The van der Waals surface area contributed by atoms with Crippen LogP contribution >= 0.6 is 15.9 Å². The molecule has 0 aromatic carbocycles. The van der Waals surface area contributed by atoms with Crippen LogP contribution in [0.25, 0.3) is 0 Å². The Morgan fingerprint density at radius 2 is 2.14 bits per heavy atom. The molecular weight excluding hydrogens is 256 g/mol. The van der Waals surface area contributed by atoms with E-state index in [-0.39, 0.29) is 32.2 Å². The Bertz CT molecular complexity index is 127. The molecule has 0 spiro atoms. The quantitative estimate of drug-likeness (QED) is 0.422. The molecule has 1 rings (SSSR count). The fourth-order valence-corrected chi connectivity index (χ4v) is 1.83. The zero-order valence-electron chi connectivity index (χ0n) is 10.8. The van der Waals surface area contributed by atoms with E-state index in [1.54, 1.807) is 0 Å². The van der Waals surface area contributed by atoms with Crippen LogP contribution in [0.4, 0.5) is 0 Å². The molecule has 4 heteroatoms. The van der Waals surface area contributed by atoms with Gasteiger partial charge in [0.1, 0.15) is 0 Å². The van der Waals surface area contributed by atoms with Crippen LogP contribution in [0.15, 0.2) is 0 Å². The van der Waals surface area contributed by atoms with E-state index in [1.165, 1.54) is 25.7 Å². The molecule has 1 heterocycles. The van der Waals surface area contributed by atoms with Crippen molar-refractivity contribution >= 4 is 39.0 Å². The van der Waals surface area contributed by atoms with E-state index in [1.807, 2.05) is 0 Å². The SMILES string of the molecule is BrCCCCCOC1CCCCO1.[H-].[H-].[Mg+2]. The molecule has 0 radical (unpaired) electrons. The van der Waals surface area contributed by atoms with Crippen LogP contribution in [-0.4, -0.2) is 47.9 Å². The topological polar surface area (TPSA) is 18.5 Å². The molecule has 1 fully saturated rings. The minimum Gasteiger partial charge on any atom is -1.00 e. The first-order chi connectivity index (χ1) is 6.43. The number of hydrogen-bond donors (Lipinski definition) is 0. The Morgan fingerprint density at radius 3 is 2.79 bits per heavy atom. The van der Waals surface area contributed by atoms with Gasteiger partial charge in [0.25, 0.3) is 0 Å². The van der Waals surface area contributed by atoms with Gasteiger partial charge < -0.3 is 12.3 Å². The van der Waals surface area contributed by atoms with E-state index in [0.717, 1.165) is 31.4 Å². The van der Waals surface area contributed by atoms with E-state index in [2.05, 4.69) is 15.9 Å². The molecule has 1 aliphatic rings. The normalized spacial score (nSPS) is 21.6. The summed E-state index contributed by atoms with van der Waals surface area (Å²) in [6.45, 7) is 1.74. The third kappa shape index (κ3) is 7.46. The van der Waals surface area contributed by atoms with E-state index in [0.29, 0.717) is 0 Å². The maximum atomic E-state index is 5.59. The Kier molecular flexibility index (Phi) is 11.6. The van der Waals surface area contributed by atoms with Crippen molar-refractivity contribution in [3.63, 3.8) is 0 Å². The number of halogens is 1. The Balaban J connectivity index is -0.000000563. The second-order valence-electron chi connectivity index (χ2n) is 3.42. The van der Waals surface area contributed by atoms with Gasteiger partial charge in [-0.15, -0.1) is 0 Å². The molecule has 0 aromatic rings. The second-order valence-corrected chi connectivity index (χ2v) is 4.21. The van der Waals surface area contributed by atoms with Crippen LogP contribution in [0.3, 0.4) is 0 Å². The Hall–Kier alpha value is 1.17. The van der Waals surface area contributed by atoms with Crippen molar-refractivity contribution in [1.82, 2.24) is 0 Å². The largest absolute Gasteiger partial charge is 2.00 e. The fraction of sp³-hybridized carbons (Fsp3) is 1.00. The standard InChI is InChI=1S/C10H19BrO2.Mg.2H/c11-7-3-1-4-8-12-10-6-2-5-9-13-10;;;/h10H,1-9H2;;;/q;+2;2*-1. The molecule has 0 amide bonds. The summed E-state index contributed by atoms with van der Waals surface area (Å²) in [5.41, 5.74) is 0. The molecule has 1 atom stereocenters. The number of unbranched alkanes of at least 4 members (excludes halogenated alkanes) is 2. The van der Waals surface area contributed by atoms with Crippen LogP contribution in [0.2, 0.25) is 0 Å². The number of alkyl halides is 1. The molecule has 1 unspecified atom stereocenters. The summed E-state index contributed by atoms with van der Waals surface area (Å²) in [6.07, 6.45) is 7.28. The maximum Gasteiger partial charge on any atom is 2.00 e. The molecule has 0 bridgehead atoms. The van der Waals surface area contributed by atoms with Gasteiger partial charge in [-0.1, -0.05) is 22.4 Å². The van der Waals surface area contributed by atoms with Crippen molar-refractivity contribution in [1.29, 1.82) is 0 Å². The third-order valence-electron chi connectivity index (χ3n) is 2.22. The Labute approximate surface area is 114 Å². The van der Waals surface area contributed by atoms with Crippen molar-refractivity contribution in [2.75, 3.05) is 18.5 Å². The van der Waals surface area contributed by atoms with Gasteiger partial charge in [-0.25, -0.2) is 0 Å². The molecule has 1 aliphatic heterocycles. The molecule has 0 saturated carbocycles. The summed E-state index contributed by atoms with van der Waals surface area (Å²) in [4.78, 5) is 0. The van der Waals surface area contributed by atoms with Crippen molar-refractivity contribution < 1.29 is 12.3 Å². The van der Waals surface area contributed by atoms with Gasteiger partial charge in [-0.3, -0.25) is 0 Å². The number of ether oxygens (including phenoxy) is 2. The molecule has 2 nitrogen and oxygen atoms in total. The predicted octanol–water partition coefficient (Wildman–Crippen LogP) is 2.94. The van der Waals surface area contributed by atoms with E-state index < -0.39 is 0 Å². The van der Waals surface area contributed by atoms with Crippen LogP contribution < -0.4 is 0 Å². The summed E-state index contributed by atoms with van der Waals surface area (Å²) < 4.78 is 11.0. The van der Waals surface area contributed by atoms with Gasteiger partial charge in [0, 0.05) is 18.5 Å². The first kappa shape index (κ1) is 15.2. The van der Waals surface area contributed by atoms with Crippen LogP contribution in [0, 0.1) is 0 Å². The van der Waals surface area contributed by atoms with E-state index in [4.69, 9.17) is 9.47 Å². The fourth-order valence-electron chi connectivity index (χ4n) is 1.43. The van der Waals surface area contributed by atoms with Gasteiger partial charge in [0.05, 0.1) is 0 Å². The van der Waals surface area contributed by atoms with Gasteiger partial charge in [-0.05, 0) is 32.1 Å². The predicted molar refractivity (Wildman–Crippen MR) is 65.2 cm³/mol. The summed E-state index contributed by atoms with van der Waals surface area (Å²) in [6, 6.07) is 0. The summed E-state index contributed by atoms with van der Waals surface area (Å²) in [5, 5.41) is 1.10. The van der Waals surface area contributed by atoms with Crippen molar-refractivity contribution in [2.45, 2.75) is 44.8 Å². The van der Waals surface area contributed by atoms with E-state index >= 15 is 0 Å². The van der Waals surface area contributed by atoms with Crippen LogP contribution in [0.5, 0.6) is 0 Å². The van der Waals surface area contributed by atoms with Crippen LogP contribution in [-0.2, 0) is 9.47 Å². The second kappa shape index (κ2) is 10.7. The van der Waals surface area contributed by atoms with E-state index in [9.17, 15) is 0 Å². The minimum absolute atomic E-state index is 0. The molecule has 82 valence electrons. The number of rotatable bonds is 6. The average molecular weight is 277 g/mol. The van der Waals surface area contributed by atoms with Gasteiger partial charge in [-0.2, -0.15) is 0 Å². The van der Waals surface area contributed by atoms with Crippen molar-refractivity contribution in [3.8, 4) is 0 Å². The monoisotopic (exact) mass is 276 g/mol. The Morgan fingerprint density at radius 1 is 1.29 bits per heavy atom. The zero-order chi connectivity index (χ0) is 9.36. The molecule has 0 N–H and O–H groups in total. The van der Waals surface area contributed by atoms with Gasteiger partial charge in [0.15, 0.2) is 6.29 Å². The average Bonchev–Trinajstić information content (AvgIpc) is 2.19. The third-order valence-corrected chi connectivity index (χ3v) is 2.78. The zero-order valence-corrected chi connectivity index (χ0v) is 11.8. The minimum atomic E-state index is 0. The van der Waals surface area contributed by atoms with Gasteiger partial charge >= 0.3 is 23.1 Å². The van der Waals surface area contributed by atoms with Crippen LogP contribution in [0.1, 0.15) is 41.4 Å². The molecule has 1 saturated heterocycles. The van der Waals surface area contributed by atoms with Gasteiger partial charge in [0.2, 0.25) is 0 Å². The molecule has 0 aromatic heterocycles. The molecule has 14 heavy (non-hydrogen) atoms. The summed E-state index contributed by atoms with van der Waals surface area (Å²) >= 11 is 3.41. The molecule has 0 aliphatic carbocycles. The summed E-state index contributed by atoms with van der Waals surface area (Å²) in [5.74, 6) is 0. The first-order valence-corrected chi connectivity index (χ1v) is 6.35. The first-order valence-electron chi connectivity index (χ1n) is 5.22. The molecular formula is C10H21BrMgO2. The van der Waals surface area contributed by atoms with Crippen molar-refractivity contribution in [2.24, 2.45) is 0 Å². The summed E-state index contributed by atoms with van der Waals surface area (Å²) in [7, 11) is 0. The maximum absolute atomic E-state index is 5.59. The number of hydrogen-bond acceptors (Lipinski definition) is 2. The smallest absolute Gasteiger partial charge is 1.00 e.